The molecule has 0 saturated carbocycles. The quantitative estimate of drug-likeness (QED) is 0.767. The Kier molecular flexibility index (Phi) is 6.57. The van der Waals surface area contributed by atoms with Gasteiger partial charge in [0.1, 0.15) is 6.04 Å². The highest BCUT2D eigenvalue weighted by molar-refractivity contribution is 5.77. The second-order valence-corrected chi connectivity index (χ2v) is 5.29. The zero-order valence-electron chi connectivity index (χ0n) is 12.3. The summed E-state index contributed by atoms with van der Waals surface area (Å²) in [4.78, 5) is 12.1. The van der Waals surface area contributed by atoms with E-state index in [4.69, 9.17) is 4.74 Å². The Hall–Kier alpha value is -1.35. The van der Waals surface area contributed by atoms with Gasteiger partial charge < -0.3 is 4.74 Å². The average Bonchev–Trinajstić information content (AvgIpc) is 2.36. The maximum atomic E-state index is 12.1. The van der Waals surface area contributed by atoms with Crippen LogP contribution in [0.1, 0.15) is 45.7 Å². The Labute approximate surface area is 116 Å². The van der Waals surface area contributed by atoms with Crippen molar-refractivity contribution in [2.45, 2.75) is 46.2 Å². The number of esters is 1. The van der Waals surface area contributed by atoms with E-state index in [0.29, 0.717) is 12.5 Å². The minimum atomic E-state index is -0.380. The van der Waals surface area contributed by atoms with Gasteiger partial charge >= 0.3 is 5.97 Å². The third-order valence-electron chi connectivity index (χ3n) is 2.93. The first-order chi connectivity index (χ1) is 9.04. The maximum Gasteiger partial charge on any atom is 0.327 e. The van der Waals surface area contributed by atoms with Crippen LogP contribution in [0.4, 0.5) is 0 Å². The van der Waals surface area contributed by atoms with Crippen molar-refractivity contribution in [3.8, 4) is 0 Å². The smallest absolute Gasteiger partial charge is 0.327 e. The molecule has 1 N–H and O–H groups in total. The van der Waals surface area contributed by atoms with Crippen molar-refractivity contribution < 1.29 is 9.53 Å². The van der Waals surface area contributed by atoms with Crippen molar-refractivity contribution in [2.75, 3.05) is 6.61 Å². The van der Waals surface area contributed by atoms with Gasteiger partial charge in [0.2, 0.25) is 0 Å². The monoisotopic (exact) mass is 263 g/mol. The highest BCUT2D eigenvalue weighted by Gasteiger charge is 2.23. The van der Waals surface area contributed by atoms with Crippen molar-refractivity contribution in [1.82, 2.24) is 5.32 Å². The van der Waals surface area contributed by atoms with Gasteiger partial charge in [-0.3, -0.25) is 5.32 Å². The van der Waals surface area contributed by atoms with Crippen molar-refractivity contribution in [2.24, 2.45) is 5.92 Å². The van der Waals surface area contributed by atoms with E-state index in [9.17, 15) is 4.79 Å². The van der Waals surface area contributed by atoms with Crippen LogP contribution in [0.25, 0.3) is 0 Å². The number of carbonyl (C=O) groups is 1. The summed E-state index contributed by atoms with van der Waals surface area (Å²) in [5.74, 6) is 0.394. The number of rotatable bonds is 7. The lowest BCUT2D eigenvalue weighted by Gasteiger charge is -2.23. The summed E-state index contributed by atoms with van der Waals surface area (Å²) < 4.78 is 5.16. The minimum Gasteiger partial charge on any atom is -0.465 e. The SMILES string of the molecule is CCOC(=O)C(NC(C)CC(C)C)c1ccccc1. The fourth-order valence-electron chi connectivity index (χ4n) is 2.23. The minimum absolute atomic E-state index is 0.204. The van der Waals surface area contributed by atoms with Crippen LogP contribution in [0, 0.1) is 5.92 Å². The van der Waals surface area contributed by atoms with Gasteiger partial charge in [-0.1, -0.05) is 44.2 Å². The summed E-state index contributed by atoms with van der Waals surface area (Å²) >= 11 is 0. The van der Waals surface area contributed by atoms with Crippen LogP contribution in [0.2, 0.25) is 0 Å². The number of benzene rings is 1. The number of hydrogen-bond acceptors (Lipinski definition) is 3. The maximum absolute atomic E-state index is 12.1. The zero-order valence-corrected chi connectivity index (χ0v) is 12.3. The molecule has 0 aromatic heterocycles. The van der Waals surface area contributed by atoms with Crippen LogP contribution < -0.4 is 5.32 Å². The van der Waals surface area contributed by atoms with Crippen molar-refractivity contribution in [3.05, 3.63) is 35.9 Å². The molecule has 0 spiro atoms. The molecule has 0 aliphatic heterocycles. The van der Waals surface area contributed by atoms with E-state index in [1.807, 2.05) is 37.3 Å². The van der Waals surface area contributed by atoms with Crippen LogP contribution in [0.3, 0.4) is 0 Å². The first-order valence-electron chi connectivity index (χ1n) is 7.02. The average molecular weight is 263 g/mol. The molecule has 2 atom stereocenters. The number of nitrogens with one attached hydrogen (secondary N) is 1. The van der Waals surface area contributed by atoms with E-state index < -0.39 is 0 Å². The molecule has 0 heterocycles. The molecule has 3 heteroatoms. The summed E-state index contributed by atoms with van der Waals surface area (Å²) in [6, 6.07) is 9.63. The second-order valence-electron chi connectivity index (χ2n) is 5.29. The molecular formula is C16H25NO2. The highest BCUT2D eigenvalue weighted by atomic mass is 16.5. The van der Waals surface area contributed by atoms with Gasteiger partial charge in [-0.25, -0.2) is 4.79 Å². The number of carbonyl (C=O) groups excluding carboxylic acids is 1. The standard InChI is InChI=1S/C16H25NO2/c1-5-19-16(18)15(14-9-7-6-8-10-14)17-13(4)11-12(2)3/h6-10,12-13,15,17H,5,11H2,1-4H3. The van der Waals surface area contributed by atoms with Gasteiger partial charge in [-0.15, -0.1) is 0 Å². The summed E-state index contributed by atoms with van der Waals surface area (Å²) in [5, 5.41) is 3.37. The largest absolute Gasteiger partial charge is 0.465 e. The fraction of sp³-hybridized carbons (Fsp3) is 0.562. The van der Waals surface area contributed by atoms with Crippen molar-refractivity contribution >= 4 is 5.97 Å². The molecule has 0 bridgehead atoms. The molecular weight excluding hydrogens is 238 g/mol. The van der Waals surface area contributed by atoms with Gasteiger partial charge in [-0.2, -0.15) is 0 Å². The van der Waals surface area contributed by atoms with Crippen LogP contribution in [-0.4, -0.2) is 18.6 Å². The van der Waals surface area contributed by atoms with E-state index in [1.54, 1.807) is 0 Å². The Morgan fingerprint density at radius 1 is 1.21 bits per heavy atom. The molecule has 0 saturated heterocycles. The Morgan fingerprint density at radius 3 is 2.37 bits per heavy atom. The van der Waals surface area contributed by atoms with E-state index in [1.165, 1.54) is 0 Å². The molecule has 2 unspecified atom stereocenters. The predicted molar refractivity (Wildman–Crippen MR) is 77.9 cm³/mol. The molecule has 0 aliphatic rings. The van der Waals surface area contributed by atoms with Gasteiger partial charge in [0.25, 0.3) is 0 Å². The highest BCUT2D eigenvalue weighted by Crippen LogP contribution is 2.17. The molecule has 0 aliphatic carbocycles. The lowest BCUT2D eigenvalue weighted by molar-refractivity contribution is -0.146. The molecule has 3 nitrogen and oxygen atoms in total. The topological polar surface area (TPSA) is 38.3 Å². The van der Waals surface area contributed by atoms with Gasteiger partial charge in [0.15, 0.2) is 0 Å². The Morgan fingerprint density at radius 2 is 1.84 bits per heavy atom. The van der Waals surface area contributed by atoms with Crippen molar-refractivity contribution in [1.29, 1.82) is 0 Å². The van der Waals surface area contributed by atoms with E-state index in [-0.39, 0.29) is 18.1 Å². The van der Waals surface area contributed by atoms with E-state index in [0.717, 1.165) is 12.0 Å². The Bertz CT molecular complexity index is 376. The molecule has 19 heavy (non-hydrogen) atoms. The van der Waals surface area contributed by atoms with Crippen LogP contribution in [0.5, 0.6) is 0 Å². The number of ether oxygens (including phenoxy) is 1. The third-order valence-corrected chi connectivity index (χ3v) is 2.93. The molecule has 0 radical (unpaired) electrons. The van der Waals surface area contributed by atoms with E-state index in [2.05, 4.69) is 26.1 Å². The molecule has 1 rings (SSSR count). The molecule has 106 valence electrons. The predicted octanol–water partition coefficient (Wildman–Crippen LogP) is 3.32. The number of hydrogen-bond donors (Lipinski definition) is 1. The van der Waals surface area contributed by atoms with Gasteiger partial charge in [0, 0.05) is 6.04 Å². The van der Waals surface area contributed by atoms with Gasteiger partial charge in [0.05, 0.1) is 6.61 Å². The summed E-state index contributed by atoms with van der Waals surface area (Å²) in [5.41, 5.74) is 0.955. The van der Waals surface area contributed by atoms with Crippen LogP contribution in [0.15, 0.2) is 30.3 Å². The van der Waals surface area contributed by atoms with E-state index >= 15 is 0 Å². The molecule has 0 fully saturated rings. The zero-order chi connectivity index (χ0) is 14.3. The third kappa shape index (κ3) is 5.43. The molecule has 1 aromatic rings. The summed E-state index contributed by atoms with van der Waals surface area (Å²) in [7, 11) is 0. The van der Waals surface area contributed by atoms with Crippen LogP contribution >= 0.6 is 0 Å². The first-order valence-corrected chi connectivity index (χ1v) is 7.02. The Balaban J connectivity index is 2.78. The first kappa shape index (κ1) is 15.7. The lowest BCUT2D eigenvalue weighted by atomic mass is 10.0. The van der Waals surface area contributed by atoms with Crippen molar-refractivity contribution in [3.63, 3.8) is 0 Å². The molecule has 1 aromatic carbocycles. The lowest BCUT2D eigenvalue weighted by Crippen LogP contribution is -2.37. The fourth-order valence-corrected chi connectivity index (χ4v) is 2.23. The van der Waals surface area contributed by atoms with Crippen LogP contribution in [-0.2, 0) is 9.53 Å². The summed E-state index contributed by atoms with van der Waals surface area (Å²) in [6.07, 6.45) is 1.03. The normalized spacial score (nSPS) is 14.2. The second kappa shape index (κ2) is 7.95. The van der Waals surface area contributed by atoms with Gasteiger partial charge in [-0.05, 0) is 31.7 Å². The summed E-state index contributed by atoms with van der Waals surface area (Å²) in [6.45, 7) is 8.70. The molecule has 0 amide bonds.